The average Bonchev–Trinajstić information content (AvgIpc) is 3.52. The van der Waals surface area contributed by atoms with Gasteiger partial charge in [-0.2, -0.15) is 0 Å². The van der Waals surface area contributed by atoms with Gasteiger partial charge >= 0.3 is 0 Å². The summed E-state index contributed by atoms with van der Waals surface area (Å²) in [5.41, 5.74) is 2.70. The summed E-state index contributed by atoms with van der Waals surface area (Å²) >= 11 is 0. The summed E-state index contributed by atoms with van der Waals surface area (Å²) in [5, 5.41) is 19.7. The predicted octanol–water partition coefficient (Wildman–Crippen LogP) is 4.07. The number of fused-ring (bicyclic) bond motifs is 1. The molecule has 1 amide bonds. The van der Waals surface area contributed by atoms with Gasteiger partial charge < -0.3 is 29.8 Å². The van der Waals surface area contributed by atoms with Gasteiger partial charge in [-0.25, -0.2) is 9.97 Å². The first-order valence-corrected chi connectivity index (χ1v) is 11.9. The van der Waals surface area contributed by atoms with Gasteiger partial charge in [-0.1, -0.05) is 35.5 Å². The second-order valence-electron chi connectivity index (χ2n) is 8.91. The van der Waals surface area contributed by atoms with Crippen LogP contribution in [0.1, 0.15) is 41.4 Å². The Bertz CT molecular complexity index is 1640. The second-order valence-corrected chi connectivity index (χ2v) is 8.91. The number of nitrogens with one attached hydrogen (secondary N) is 3. The van der Waals surface area contributed by atoms with Crippen LogP contribution in [0.2, 0.25) is 0 Å². The fourth-order valence-corrected chi connectivity index (χ4v) is 4.38. The van der Waals surface area contributed by atoms with E-state index in [2.05, 4.69) is 42.5 Å². The zero-order valence-corrected chi connectivity index (χ0v) is 19.6. The number of H-pyrrole nitrogens is 1. The minimum atomic E-state index is -0.835. The summed E-state index contributed by atoms with van der Waals surface area (Å²) in [6, 6.07) is 16.2. The number of carbonyl (C=O) groups excluding carboxylic acids is 1. The van der Waals surface area contributed by atoms with E-state index in [1.54, 1.807) is 0 Å². The van der Waals surface area contributed by atoms with Crippen LogP contribution in [0.3, 0.4) is 0 Å². The summed E-state index contributed by atoms with van der Waals surface area (Å²) in [4.78, 5) is 37.1. The number of rotatable bonds is 7. The van der Waals surface area contributed by atoms with Crippen molar-refractivity contribution in [1.29, 1.82) is 0 Å². The Labute approximate surface area is 210 Å². The highest BCUT2D eigenvalue weighted by atomic mass is 16.5. The highest BCUT2D eigenvalue weighted by molar-refractivity contribution is 6.04. The standard InChI is InChI=1S/C26H23N7O4/c34-22-21(25(35)29-17-13-28-37-14-17)31-23(32-26(22)36)24-30-19-11-16(27-12-15-5-2-1-3-6-15)9-10-20(19)33(24)18-7-4-8-18/h1-3,5-6,9-11,13-14,18,27,34H,4,7-8,12H2,(H,29,35)(H,31,32,36). The number of amides is 1. The molecule has 186 valence electrons. The van der Waals surface area contributed by atoms with Crippen LogP contribution >= 0.6 is 0 Å². The Balaban J connectivity index is 1.39. The van der Waals surface area contributed by atoms with Crippen LogP contribution in [-0.2, 0) is 6.54 Å². The average molecular weight is 498 g/mol. The molecule has 0 radical (unpaired) electrons. The third-order valence-corrected chi connectivity index (χ3v) is 6.48. The number of hydrogen-bond donors (Lipinski definition) is 4. The van der Waals surface area contributed by atoms with Gasteiger partial charge in [0.05, 0.1) is 17.2 Å². The normalized spacial score (nSPS) is 13.4. The number of aromatic amines is 1. The van der Waals surface area contributed by atoms with Crippen molar-refractivity contribution in [2.24, 2.45) is 0 Å². The van der Waals surface area contributed by atoms with Gasteiger partial charge in [0.2, 0.25) is 5.75 Å². The number of hydrogen-bond acceptors (Lipinski definition) is 8. The predicted molar refractivity (Wildman–Crippen MR) is 136 cm³/mol. The molecule has 5 aromatic rings. The number of aromatic hydroxyl groups is 1. The molecule has 0 aliphatic heterocycles. The van der Waals surface area contributed by atoms with Gasteiger partial charge in [0.25, 0.3) is 11.5 Å². The Hall–Kier alpha value is -4.93. The molecule has 0 spiro atoms. The number of anilines is 2. The molecule has 37 heavy (non-hydrogen) atoms. The number of benzene rings is 2. The van der Waals surface area contributed by atoms with Crippen molar-refractivity contribution in [2.75, 3.05) is 10.6 Å². The molecule has 1 aliphatic carbocycles. The van der Waals surface area contributed by atoms with Crippen molar-refractivity contribution < 1.29 is 14.4 Å². The van der Waals surface area contributed by atoms with E-state index >= 15 is 0 Å². The van der Waals surface area contributed by atoms with E-state index in [1.807, 2.05) is 36.4 Å². The third kappa shape index (κ3) is 4.31. The fraction of sp³-hybridized carbons (Fsp3) is 0.192. The summed E-state index contributed by atoms with van der Waals surface area (Å²) in [6.45, 7) is 0.667. The quantitative estimate of drug-likeness (QED) is 0.263. The molecule has 1 aliphatic rings. The van der Waals surface area contributed by atoms with E-state index in [1.165, 1.54) is 12.5 Å². The fourth-order valence-electron chi connectivity index (χ4n) is 4.38. The van der Waals surface area contributed by atoms with Crippen LogP contribution < -0.4 is 16.2 Å². The minimum Gasteiger partial charge on any atom is -0.501 e. The largest absolute Gasteiger partial charge is 0.501 e. The summed E-state index contributed by atoms with van der Waals surface area (Å²) < 4.78 is 6.76. The van der Waals surface area contributed by atoms with Gasteiger partial charge in [-0.3, -0.25) is 9.59 Å². The van der Waals surface area contributed by atoms with Gasteiger partial charge in [0.15, 0.2) is 17.3 Å². The van der Waals surface area contributed by atoms with Crippen LogP contribution in [0.5, 0.6) is 5.75 Å². The molecule has 2 aromatic carbocycles. The summed E-state index contributed by atoms with van der Waals surface area (Å²) in [6.07, 6.45) is 5.54. The first-order chi connectivity index (χ1) is 18.1. The molecule has 6 rings (SSSR count). The van der Waals surface area contributed by atoms with E-state index in [0.29, 0.717) is 12.4 Å². The van der Waals surface area contributed by atoms with Gasteiger partial charge in [-0.15, -0.1) is 0 Å². The zero-order chi connectivity index (χ0) is 25.4. The number of imidazole rings is 1. The Morgan fingerprint density at radius 2 is 1.97 bits per heavy atom. The smallest absolute Gasteiger partial charge is 0.294 e. The van der Waals surface area contributed by atoms with Crippen LogP contribution in [0.15, 0.2) is 70.3 Å². The number of nitrogens with zero attached hydrogens (tertiary/aromatic N) is 4. The molecule has 3 aromatic heterocycles. The van der Waals surface area contributed by atoms with Gasteiger partial charge in [-0.05, 0) is 43.0 Å². The van der Waals surface area contributed by atoms with Crippen LogP contribution in [0.4, 0.5) is 11.4 Å². The number of carbonyl (C=O) groups is 1. The summed E-state index contributed by atoms with van der Waals surface area (Å²) in [7, 11) is 0. The van der Waals surface area contributed by atoms with E-state index < -0.39 is 22.9 Å². The lowest BCUT2D eigenvalue weighted by Crippen LogP contribution is -2.22. The molecule has 4 N–H and O–H groups in total. The van der Waals surface area contributed by atoms with E-state index in [-0.39, 0.29) is 17.6 Å². The maximum Gasteiger partial charge on any atom is 0.294 e. The van der Waals surface area contributed by atoms with E-state index in [4.69, 9.17) is 9.51 Å². The summed E-state index contributed by atoms with van der Waals surface area (Å²) in [5.74, 6) is -1.03. The monoisotopic (exact) mass is 497 g/mol. The molecule has 0 atom stereocenters. The number of aromatic nitrogens is 5. The second kappa shape index (κ2) is 9.26. The van der Waals surface area contributed by atoms with Crippen LogP contribution in [0, 0.1) is 0 Å². The molecule has 3 heterocycles. The van der Waals surface area contributed by atoms with Gasteiger partial charge in [0, 0.05) is 18.3 Å². The lowest BCUT2D eigenvalue weighted by molar-refractivity contribution is 0.101. The van der Waals surface area contributed by atoms with Gasteiger partial charge in [0.1, 0.15) is 12.0 Å². The molecule has 0 bridgehead atoms. The maximum atomic E-state index is 12.8. The molecule has 11 nitrogen and oxygen atoms in total. The molecule has 0 unspecified atom stereocenters. The first kappa shape index (κ1) is 22.5. The SMILES string of the molecule is O=C(Nc1cnoc1)c1nc(-c2nc3cc(NCc4ccccc4)ccc3n2C2CCC2)[nH]c(=O)c1O. The third-order valence-electron chi connectivity index (χ3n) is 6.48. The van der Waals surface area contributed by atoms with Crippen molar-refractivity contribution in [1.82, 2.24) is 24.7 Å². The Morgan fingerprint density at radius 1 is 1.14 bits per heavy atom. The van der Waals surface area contributed by atoms with Crippen molar-refractivity contribution in [2.45, 2.75) is 31.8 Å². The van der Waals surface area contributed by atoms with E-state index in [9.17, 15) is 14.7 Å². The lowest BCUT2D eigenvalue weighted by Gasteiger charge is -2.29. The Kier molecular flexibility index (Phi) is 5.64. The minimum absolute atomic E-state index is 0.0974. The van der Waals surface area contributed by atoms with Crippen molar-refractivity contribution in [3.05, 3.63) is 82.6 Å². The molecule has 1 fully saturated rings. The van der Waals surface area contributed by atoms with Crippen molar-refractivity contribution >= 4 is 28.3 Å². The molecule has 0 saturated heterocycles. The highest BCUT2D eigenvalue weighted by Crippen LogP contribution is 2.38. The molecular formula is C26H23N7O4. The van der Waals surface area contributed by atoms with Crippen molar-refractivity contribution in [3.8, 4) is 17.4 Å². The topological polar surface area (TPSA) is 151 Å². The maximum absolute atomic E-state index is 12.8. The molecule has 1 saturated carbocycles. The lowest BCUT2D eigenvalue weighted by atomic mass is 9.92. The highest BCUT2D eigenvalue weighted by Gasteiger charge is 2.28. The van der Waals surface area contributed by atoms with E-state index in [0.717, 1.165) is 41.5 Å². The molecular weight excluding hydrogens is 474 g/mol. The Morgan fingerprint density at radius 3 is 2.70 bits per heavy atom. The zero-order valence-electron chi connectivity index (χ0n) is 19.6. The molecule has 11 heteroatoms. The van der Waals surface area contributed by atoms with Crippen LogP contribution in [0.25, 0.3) is 22.7 Å². The first-order valence-electron chi connectivity index (χ1n) is 11.9. The van der Waals surface area contributed by atoms with Crippen LogP contribution in [-0.4, -0.2) is 35.7 Å². The van der Waals surface area contributed by atoms with Crippen molar-refractivity contribution in [3.63, 3.8) is 0 Å².